The maximum absolute atomic E-state index is 7.90. The minimum Gasteiger partial charge on any atom is -0.455 e. The summed E-state index contributed by atoms with van der Waals surface area (Å²) >= 11 is 0. The maximum Gasteiger partial charge on any atom is 0.159 e. The Morgan fingerprint density at radius 1 is 0.345 bits per heavy atom. The van der Waals surface area contributed by atoms with Gasteiger partial charge in [-0.3, -0.25) is 0 Å². The Bertz CT molecular complexity index is 7140. The second-order valence-corrected chi connectivity index (χ2v) is 29.9. The minimum absolute atomic E-state index is 0.231. The SMILES string of the molecule is CC(C)c1ccc2c(c1)oc1c(N3c4ccccc4C(c4ccccc4)=C4C=CC=CC43)cc3c(N(c4ccc5ccccc5c4)c4cc5ccccc5c5c(-c6ccccc6)cccc45)cc4cc(N5CC=Cc6cc(-c7ccccc7)ccc65)c5c6cc(-c7ccc(-c8ccccc8)cc7)ccc6oc5c4c3c12. The molecule has 1 unspecified atom stereocenters. The van der Waals surface area contributed by atoms with Crippen LogP contribution in [0.15, 0.2) is 378 Å². The number of hydrogen-bond acceptors (Lipinski definition) is 5. The molecule has 0 radical (unpaired) electrons. The average molecular weight is 1410 g/mol. The molecule has 0 N–H and O–H groups in total. The predicted octanol–water partition coefficient (Wildman–Crippen LogP) is 29.1. The Hall–Kier alpha value is -14.0. The van der Waals surface area contributed by atoms with Crippen LogP contribution in [0.1, 0.15) is 42.0 Å². The van der Waals surface area contributed by atoms with Gasteiger partial charge in [0.15, 0.2) is 5.58 Å². The Morgan fingerprint density at radius 2 is 0.973 bits per heavy atom. The standard InChI is InChI=1S/C105H71N3O2/c1-65(2)73-49-53-86-97(63-73)110-104-95(108-90-42-21-19-38-83(90)98(72-32-13-6-14-33-72)84-39-20-22-43-91(84)108)64-87-93(107(80-52-48-68-29-15-16-34-74(68)58-80)92-60-77-35-17-18-37-82(77)100-81(40-23-41-85(92)100)71-30-11-5-12-31-71)61-79-62-94(106-56-24-36-78-57-75(50-54-89(78)106)67-27-9-4-10-28-67)101-88-59-76(51-55-96(88)109-105(101)99(79)102(87)103(86)104)70-46-44-69(45-47-70)66-25-7-3-8-26-66/h3-55,57-65,90H,56H2,1-2H3. The molecule has 1 atom stereocenters. The molecule has 2 aromatic heterocycles. The van der Waals surface area contributed by atoms with E-state index >= 15 is 0 Å². The number of nitrogens with zero attached hydrogens (tertiary/aromatic N) is 3. The second-order valence-electron chi connectivity index (χ2n) is 29.9. The third-order valence-corrected chi connectivity index (χ3v) is 23.4. The van der Waals surface area contributed by atoms with E-state index in [1.807, 2.05) is 0 Å². The maximum atomic E-state index is 7.90. The second kappa shape index (κ2) is 25.3. The Kier molecular flexibility index (Phi) is 14.6. The summed E-state index contributed by atoms with van der Waals surface area (Å²) in [4.78, 5) is 7.71. The molecule has 22 rings (SSSR count). The normalized spacial score (nSPS) is 14.0. The summed E-state index contributed by atoms with van der Waals surface area (Å²) in [7, 11) is 0. The van der Waals surface area contributed by atoms with Gasteiger partial charge >= 0.3 is 0 Å². The van der Waals surface area contributed by atoms with Crippen molar-refractivity contribution in [2.45, 2.75) is 25.8 Å². The van der Waals surface area contributed by atoms with Crippen molar-refractivity contribution in [3.63, 3.8) is 0 Å². The van der Waals surface area contributed by atoms with E-state index in [1.165, 1.54) is 60.9 Å². The van der Waals surface area contributed by atoms with Gasteiger partial charge in [-0.25, -0.2) is 0 Å². The summed E-state index contributed by atoms with van der Waals surface area (Å²) in [5.74, 6) is 0.239. The number of allylic oxidation sites excluding steroid dienone is 2. The van der Waals surface area contributed by atoms with Crippen LogP contribution < -0.4 is 14.7 Å². The monoisotopic (exact) mass is 1410 g/mol. The Labute approximate surface area is 637 Å². The lowest BCUT2D eigenvalue weighted by atomic mass is 9.82. The fourth-order valence-corrected chi connectivity index (χ4v) is 18.2. The molecular formula is C105H71N3O2. The highest BCUT2D eigenvalue weighted by Gasteiger charge is 2.37. The topological polar surface area (TPSA) is 36.0 Å². The molecule has 17 aromatic carbocycles. The van der Waals surface area contributed by atoms with Crippen molar-refractivity contribution in [3.05, 3.63) is 392 Å². The first-order chi connectivity index (χ1) is 54.4. The van der Waals surface area contributed by atoms with Crippen molar-refractivity contribution in [2.75, 3.05) is 21.2 Å². The van der Waals surface area contributed by atoms with Gasteiger partial charge < -0.3 is 23.5 Å². The lowest BCUT2D eigenvalue weighted by Gasteiger charge is -2.41. The summed E-state index contributed by atoms with van der Waals surface area (Å²) in [6, 6.07) is 123. The molecule has 0 saturated carbocycles. The van der Waals surface area contributed by atoms with Crippen molar-refractivity contribution in [2.24, 2.45) is 0 Å². The van der Waals surface area contributed by atoms with Gasteiger partial charge in [0, 0.05) is 66.9 Å². The van der Waals surface area contributed by atoms with E-state index in [0.29, 0.717) is 6.54 Å². The van der Waals surface area contributed by atoms with Crippen LogP contribution >= 0.6 is 0 Å². The van der Waals surface area contributed by atoms with Gasteiger partial charge in [-0.05, 0) is 183 Å². The summed E-state index contributed by atoms with van der Waals surface area (Å²) in [6.45, 7) is 5.18. The van der Waals surface area contributed by atoms with Crippen LogP contribution in [0.3, 0.4) is 0 Å². The largest absolute Gasteiger partial charge is 0.455 e. The zero-order valence-corrected chi connectivity index (χ0v) is 60.7. The average Bonchev–Trinajstić information content (AvgIpc) is 1.42. The molecule has 19 aromatic rings. The highest BCUT2D eigenvalue weighted by Crippen LogP contribution is 2.58. The molecule has 4 heterocycles. The first-order valence-corrected chi connectivity index (χ1v) is 38.3. The van der Waals surface area contributed by atoms with Gasteiger partial charge in [-0.1, -0.05) is 311 Å². The fourth-order valence-electron chi connectivity index (χ4n) is 18.2. The van der Waals surface area contributed by atoms with Gasteiger partial charge in [0.1, 0.15) is 16.7 Å². The Balaban J connectivity index is 0.921. The highest BCUT2D eigenvalue weighted by molar-refractivity contribution is 6.38. The summed E-state index contributed by atoms with van der Waals surface area (Å²) < 4.78 is 15.8. The minimum atomic E-state index is -0.231. The molecule has 1 aliphatic carbocycles. The van der Waals surface area contributed by atoms with E-state index in [4.69, 9.17) is 8.83 Å². The van der Waals surface area contributed by atoms with E-state index in [9.17, 15) is 0 Å². The molecular weight excluding hydrogens is 1340 g/mol. The molecule has 0 saturated heterocycles. The molecule has 518 valence electrons. The zero-order chi connectivity index (χ0) is 72.7. The molecule has 0 fully saturated rings. The summed E-state index contributed by atoms with van der Waals surface area (Å²) in [6.07, 6.45) is 13.8. The first-order valence-electron chi connectivity index (χ1n) is 38.3. The highest BCUT2D eigenvalue weighted by atomic mass is 16.3. The van der Waals surface area contributed by atoms with Crippen LogP contribution in [0.2, 0.25) is 0 Å². The molecule has 3 aliphatic rings. The fraction of sp³-hybridized carbons (Fsp3) is 0.0476. The van der Waals surface area contributed by atoms with Gasteiger partial charge in [0.25, 0.3) is 0 Å². The van der Waals surface area contributed by atoms with Gasteiger partial charge in [0.05, 0.1) is 34.2 Å². The third kappa shape index (κ3) is 10.1. The van der Waals surface area contributed by atoms with E-state index in [-0.39, 0.29) is 12.0 Å². The van der Waals surface area contributed by atoms with E-state index < -0.39 is 0 Å². The van der Waals surface area contributed by atoms with Crippen molar-refractivity contribution in [1.29, 1.82) is 0 Å². The number of benzene rings is 17. The quantitative estimate of drug-likeness (QED) is 0.121. The Morgan fingerprint density at radius 3 is 1.76 bits per heavy atom. The smallest absolute Gasteiger partial charge is 0.159 e. The van der Waals surface area contributed by atoms with Crippen molar-refractivity contribution < 1.29 is 8.83 Å². The van der Waals surface area contributed by atoms with Crippen LogP contribution in [0, 0.1) is 0 Å². The van der Waals surface area contributed by atoms with Crippen molar-refractivity contribution >= 4 is 149 Å². The van der Waals surface area contributed by atoms with Crippen LogP contribution in [0.4, 0.5) is 39.8 Å². The van der Waals surface area contributed by atoms with E-state index in [0.717, 1.165) is 155 Å². The van der Waals surface area contributed by atoms with Gasteiger partial charge in [0.2, 0.25) is 0 Å². The molecule has 110 heavy (non-hydrogen) atoms. The van der Waals surface area contributed by atoms with Crippen LogP contribution in [-0.4, -0.2) is 12.6 Å². The van der Waals surface area contributed by atoms with E-state index in [1.54, 1.807) is 0 Å². The van der Waals surface area contributed by atoms with Crippen LogP contribution in [0.25, 0.3) is 154 Å². The first kappa shape index (κ1) is 63.3. The number of para-hydroxylation sites is 1. The molecule has 0 spiro atoms. The molecule has 5 nitrogen and oxygen atoms in total. The van der Waals surface area contributed by atoms with Gasteiger partial charge in [-0.2, -0.15) is 0 Å². The number of anilines is 7. The number of furan rings is 2. The molecule has 5 heteroatoms. The molecule has 0 bridgehead atoms. The lowest BCUT2D eigenvalue weighted by Crippen LogP contribution is -2.36. The number of hydrogen-bond donors (Lipinski definition) is 0. The van der Waals surface area contributed by atoms with Gasteiger partial charge in [-0.15, -0.1) is 0 Å². The zero-order valence-electron chi connectivity index (χ0n) is 60.7. The molecule has 2 aliphatic heterocycles. The van der Waals surface area contributed by atoms with Crippen molar-refractivity contribution in [3.8, 4) is 44.5 Å². The van der Waals surface area contributed by atoms with E-state index in [2.05, 4.69) is 399 Å². The summed E-state index contributed by atoms with van der Waals surface area (Å²) in [5.41, 5.74) is 26.9. The third-order valence-electron chi connectivity index (χ3n) is 23.4. The lowest BCUT2D eigenvalue weighted by molar-refractivity contribution is 0.665. The number of rotatable bonds is 11. The van der Waals surface area contributed by atoms with Crippen LogP contribution in [0.5, 0.6) is 0 Å². The number of fused-ring (bicyclic) bond motifs is 18. The molecule has 0 amide bonds. The summed E-state index contributed by atoms with van der Waals surface area (Å²) in [5, 5.41) is 15.2. The van der Waals surface area contributed by atoms with Crippen molar-refractivity contribution in [1.82, 2.24) is 0 Å². The predicted molar refractivity (Wildman–Crippen MR) is 465 cm³/mol. The van der Waals surface area contributed by atoms with Crippen LogP contribution in [-0.2, 0) is 0 Å².